The molecule has 0 aliphatic heterocycles. The third-order valence-corrected chi connectivity index (χ3v) is 5.09. The second kappa shape index (κ2) is 4.18. The normalized spacial score (nSPS) is 12.2. The lowest BCUT2D eigenvalue weighted by atomic mass is 9.92. The van der Waals surface area contributed by atoms with Crippen molar-refractivity contribution < 1.29 is 4.42 Å². The largest absolute Gasteiger partial charge is 0.448 e. The standard InChI is InChI=1S/C22H13NO/c1-2-7-15-13(5-1)14-6-3-4-8-16(14)20-17(15)9-10-19-21(20)18-11-12-24-22(18)23-19/h1-12,23H. The summed E-state index contributed by atoms with van der Waals surface area (Å²) < 4.78 is 5.60. The van der Waals surface area contributed by atoms with Crippen molar-refractivity contribution in [2.75, 3.05) is 0 Å². The lowest BCUT2D eigenvalue weighted by Gasteiger charge is -2.11. The first-order valence-electron chi connectivity index (χ1n) is 8.13. The van der Waals surface area contributed by atoms with Gasteiger partial charge < -0.3 is 9.40 Å². The van der Waals surface area contributed by atoms with E-state index >= 15 is 0 Å². The van der Waals surface area contributed by atoms with Crippen LogP contribution in [0.25, 0.3) is 54.3 Å². The summed E-state index contributed by atoms with van der Waals surface area (Å²) in [5.41, 5.74) is 1.96. The Kier molecular flexibility index (Phi) is 2.12. The predicted molar refractivity (Wildman–Crippen MR) is 101 cm³/mol. The van der Waals surface area contributed by atoms with E-state index in [1.54, 1.807) is 6.26 Å². The Labute approximate surface area is 137 Å². The van der Waals surface area contributed by atoms with Crippen LogP contribution in [0, 0.1) is 0 Å². The third-order valence-electron chi connectivity index (χ3n) is 5.09. The molecule has 2 heteroatoms. The predicted octanol–water partition coefficient (Wildman–Crippen LogP) is 6.37. The maximum atomic E-state index is 5.60. The zero-order valence-corrected chi connectivity index (χ0v) is 12.8. The van der Waals surface area contributed by atoms with Gasteiger partial charge in [-0.3, -0.25) is 0 Å². The highest BCUT2D eigenvalue weighted by Crippen LogP contribution is 2.41. The molecule has 6 rings (SSSR count). The van der Waals surface area contributed by atoms with E-state index in [9.17, 15) is 0 Å². The topological polar surface area (TPSA) is 28.9 Å². The maximum Gasteiger partial charge on any atom is 0.205 e. The molecule has 6 aromatic rings. The monoisotopic (exact) mass is 307 g/mol. The van der Waals surface area contributed by atoms with E-state index in [1.807, 2.05) is 0 Å². The van der Waals surface area contributed by atoms with Gasteiger partial charge in [0.05, 0.1) is 6.26 Å². The molecule has 0 unspecified atom stereocenters. The van der Waals surface area contributed by atoms with Gasteiger partial charge in [0.1, 0.15) is 0 Å². The van der Waals surface area contributed by atoms with E-state index in [0.29, 0.717) is 0 Å². The van der Waals surface area contributed by atoms with Gasteiger partial charge in [-0.25, -0.2) is 0 Å². The first kappa shape index (κ1) is 12.2. The van der Waals surface area contributed by atoms with E-state index in [-0.39, 0.29) is 0 Å². The SMILES string of the molecule is c1ccc2c(c1)c1ccccc1c1c2ccc2[nH]c3occc3c21. The minimum absolute atomic E-state index is 0.842. The number of aromatic nitrogens is 1. The summed E-state index contributed by atoms with van der Waals surface area (Å²) in [4.78, 5) is 3.40. The number of H-pyrrole nitrogens is 1. The third kappa shape index (κ3) is 1.36. The second-order valence-corrected chi connectivity index (χ2v) is 6.29. The van der Waals surface area contributed by atoms with Crippen LogP contribution in [0.2, 0.25) is 0 Å². The number of hydrogen-bond donors (Lipinski definition) is 1. The minimum atomic E-state index is 0.842. The van der Waals surface area contributed by atoms with Gasteiger partial charge in [0.15, 0.2) is 0 Å². The molecule has 1 N–H and O–H groups in total. The molecular weight excluding hydrogens is 294 g/mol. The van der Waals surface area contributed by atoms with Crippen LogP contribution in [0.1, 0.15) is 0 Å². The van der Waals surface area contributed by atoms with E-state index in [1.165, 1.54) is 37.7 Å². The molecule has 0 atom stereocenters. The maximum absolute atomic E-state index is 5.60. The first-order valence-corrected chi connectivity index (χ1v) is 8.13. The molecule has 0 aliphatic rings. The fraction of sp³-hybridized carbons (Fsp3) is 0. The average Bonchev–Trinajstić information content (AvgIpc) is 3.22. The van der Waals surface area contributed by atoms with E-state index in [2.05, 4.69) is 71.7 Å². The Morgan fingerprint density at radius 3 is 1.92 bits per heavy atom. The lowest BCUT2D eigenvalue weighted by Crippen LogP contribution is -1.84. The second-order valence-electron chi connectivity index (χ2n) is 6.29. The number of benzene rings is 4. The van der Waals surface area contributed by atoms with Crippen molar-refractivity contribution in [3.8, 4) is 0 Å². The Balaban J connectivity index is 2.08. The highest BCUT2D eigenvalue weighted by atomic mass is 16.3. The van der Waals surface area contributed by atoms with Gasteiger partial charge >= 0.3 is 0 Å². The van der Waals surface area contributed by atoms with Gasteiger partial charge in [0.2, 0.25) is 5.71 Å². The molecule has 4 aromatic carbocycles. The van der Waals surface area contributed by atoms with Crippen molar-refractivity contribution in [1.82, 2.24) is 4.98 Å². The summed E-state index contributed by atoms with van der Waals surface area (Å²) in [5.74, 6) is 0. The number of hydrogen-bond acceptors (Lipinski definition) is 1. The summed E-state index contributed by atoms with van der Waals surface area (Å²) in [6.07, 6.45) is 1.75. The summed E-state index contributed by atoms with van der Waals surface area (Å²) in [6.45, 7) is 0. The Morgan fingerprint density at radius 2 is 1.17 bits per heavy atom. The van der Waals surface area contributed by atoms with Gasteiger partial charge in [0, 0.05) is 21.7 Å². The lowest BCUT2D eigenvalue weighted by molar-refractivity contribution is 0.605. The van der Waals surface area contributed by atoms with Crippen LogP contribution in [0.15, 0.2) is 77.4 Å². The van der Waals surface area contributed by atoms with Crippen LogP contribution in [-0.4, -0.2) is 4.98 Å². The molecular formula is C22H13NO. The van der Waals surface area contributed by atoms with E-state index in [4.69, 9.17) is 4.42 Å². The number of fused-ring (bicyclic) bond motifs is 10. The summed E-state index contributed by atoms with van der Waals surface area (Å²) >= 11 is 0. The van der Waals surface area contributed by atoms with Gasteiger partial charge in [-0.15, -0.1) is 0 Å². The molecule has 2 nitrogen and oxygen atoms in total. The van der Waals surface area contributed by atoms with Crippen LogP contribution in [0.5, 0.6) is 0 Å². The molecule has 0 aliphatic carbocycles. The van der Waals surface area contributed by atoms with Crippen LogP contribution in [-0.2, 0) is 0 Å². The van der Waals surface area contributed by atoms with Crippen LogP contribution in [0.3, 0.4) is 0 Å². The molecule has 2 aromatic heterocycles. The molecule has 0 bridgehead atoms. The van der Waals surface area contributed by atoms with Crippen molar-refractivity contribution >= 4 is 54.3 Å². The Morgan fingerprint density at radius 1 is 0.542 bits per heavy atom. The number of rotatable bonds is 0. The Hall–Kier alpha value is -3.26. The van der Waals surface area contributed by atoms with Gasteiger partial charge in [0.25, 0.3) is 0 Å². The van der Waals surface area contributed by atoms with Crippen LogP contribution in [0.4, 0.5) is 0 Å². The summed E-state index contributed by atoms with van der Waals surface area (Å²) in [6, 6.07) is 23.8. The zero-order valence-electron chi connectivity index (χ0n) is 12.8. The zero-order chi connectivity index (χ0) is 15.7. The molecule has 2 heterocycles. The molecule has 0 saturated heterocycles. The van der Waals surface area contributed by atoms with Crippen molar-refractivity contribution in [2.24, 2.45) is 0 Å². The Bertz CT molecular complexity index is 1370. The number of furan rings is 1. The molecule has 0 spiro atoms. The summed E-state index contributed by atoms with van der Waals surface area (Å²) in [5, 5.41) is 10.2. The fourth-order valence-corrected chi connectivity index (χ4v) is 4.10. The number of nitrogens with one attached hydrogen (secondary N) is 1. The van der Waals surface area contributed by atoms with Crippen molar-refractivity contribution in [3.63, 3.8) is 0 Å². The fourth-order valence-electron chi connectivity index (χ4n) is 4.10. The van der Waals surface area contributed by atoms with Crippen LogP contribution >= 0.6 is 0 Å². The molecule has 24 heavy (non-hydrogen) atoms. The smallest absolute Gasteiger partial charge is 0.205 e. The average molecular weight is 307 g/mol. The van der Waals surface area contributed by atoms with Gasteiger partial charge in [-0.05, 0) is 39.1 Å². The highest BCUT2D eigenvalue weighted by Gasteiger charge is 2.15. The quantitative estimate of drug-likeness (QED) is 0.324. The molecule has 0 fully saturated rings. The highest BCUT2D eigenvalue weighted by molar-refractivity contribution is 6.34. The van der Waals surface area contributed by atoms with Crippen LogP contribution < -0.4 is 0 Å². The summed E-state index contributed by atoms with van der Waals surface area (Å²) in [7, 11) is 0. The van der Waals surface area contributed by atoms with Crippen molar-refractivity contribution in [1.29, 1.82) is 0 Å². The van der Waals surface area contributed by atoms with Gasteiger partial charge in [-0.1, -0.05) is 54.6 Å². The molecule has 0 radical (unpaired) electrons. The molecule has 112 valence electrons. The molecule has 0 amide bonds. The van der Waals surface area contributed by atoms with Crippen molar-refractivity contribution in [3.05, 3.63) is 73.0 Å². The van der Waals surface area contributed by atoms with E-state index < -0.39 is 0 Å². The van der Waals surface area contributed by atoms with Crippen molar-refractivity contribution in [2.45, 2.75) is 0 Å². The van der Waals surface area contributed by atoms with E-state index in [0.717, 1.165) is 16.6 Å². The van der Waals surface area contributed by atoms with Gasteiger partial charge in [-0.2, -0.15) is 0 Å². The number of aromatic amines is 1. The molecule has 0 saturated carbocycles. The first-order chi connectivity index (χ1) is 11.9. The minimum Gasteiger partial charge on any atom is -0.448 e.